The lowest BCUT2D eigenvalue weighted by Gasteiger charge is -2.36. The first-order valence-electron chi connectivity index (χ1n) is 10.3. The molecule has 30 heavy (non-hydrogen) atoms. The zero-order chi connectivity index (χ0) is 22.1. The lowest BCUT2D eigenvalue weighted by atomic mass is 9.73. The van der Waals surface area contributed by atoms with Crippen LogP contribution in [0.4, 0.5) is 10.5 Å². The molecule has 1 aromatic carbocycles. The van der Waals surface area contributed by atoms with E-state index < -0.39 is 36.6 Å². The minimum absolute atomic E-state index is 0.00971. The van der Waals surface area contributed by atoms with Gasteiger partial charge >= 0.3 is 12.0 Å². The van der Waals surface area contributed by atoms with E-state index in [0.717, 1.165) is 40.9 Å². The number of nitrogens with one attached hydrogen (secondary N) is 2. The number of anilines is 1. The molecule has 162 valence electrons. The number of hydrogen-bond donors (Lipinski definition) is 2. The van der Waals surface area contributed by atoms with Gasteiger partial charge in [-0.15, -0.1) is 0 Å². The molecular weight excluding hydrogens is 386 g/mol. The monoisotopic (exact) mass is 415 g/mol. The number of hydrogen-bond acceptors (Lipinski definition) is 5. The van der Waals surface area contributed by atoms with Crippen molar-refractivity contribution in [1.29, 1.82) is 0 Å². The Morgan fingerprint density at radius 3 is 2.50 bits per heavy atom. The fourth-order valence-electron chi connectivity index (χ4n) is 4.51. The van der Waals surface area contributed by atoms with E-state index in [0.29, 0.717) is 12.1 Å². The molecule has 1 aliphatic carbocycles. The Hall–Kier alpha value is -2.90. The maximum atomic E-state index is 12.9. The van der Waals surface area contributed by atoms with E-state index in [4.69, 9.17) is 4.74 Å². The highest BCUT2D eigenvalue weighted by atomic mass is 16.5. The van der Waals surface area contributed by atoms with Crippen molar-refractivity contribution in [3.05, 3.63) is 28.8 Å². The van der Waals surface area contributed by atoms with Gasteiger partial charge in [-0.25, -0.2) is 4.79 Å². The van der Waals surface area contributed by atoms with Crippen LogP contribution in [-0.2, 0) is 19.1 Å². The lowest BCUT2D eigenvalue weighted by Crippen LogP contribution is -2.54. The van der Waals surface area contributed by atoms with Crippen molar-refractivity contribution in [3.63, 3.8) is 0 Å². The smallest absolute Gasteiger partial charge is 0.326 e. The first kappa shape index (κ1) is 21.8. The van der Waals surface area contributed by atoms with Crippen molar-refractivity contribution in [3.8, 4) is 0 Å². The summed E-state index contributed by atoms with van der Waals surface area (Å²) in [6, 6.07) is 3.32. The Labute approximate surface area is 176 Å². The Kier molecular flexibility index (Phi) is 6.14. The highest BCUT2D eigenvalue weighted by molar-refractivity contribution is 6.09. The molecule has 0 unspecified atom stereocenters. The number of rotatable bonds is 5. The largest absolute Gasteiger partial charge is 0.454 e. The standard InChI is InChI=1S/C22H29N3O5/c1-13-9-14(2)19(15(3)10-13)23-17(26)12-30-18(27)11-25-20(28)22(24-21(25)29)8-6-5-7-16(22)4/h9-10,16H,5-8,11-12H2,1-4H3,(H,23,26)(H,24,29)/t16-,22+/m1/s1. The first-order chi connectivity index (χ1) is 14.1. The molecule has 2 atom stereocenters. The molecule has 0 radical (unpaired) electrons. The highest BCUT2D eigenvalue weighted by Crippen LogP contribution is 2.38. The average molecular weight is 415 g/mol. The van der Waals surface area contributed by atoms with E-state index >= 15 is 0 Å². The molecule has 1 aliphatic heterocycles. The third kappa shape index (κ3) is 4.17. The molecule has 0 aromatic heterocycles. The van der Waals surface area contributed by atoms with Crippen LogP contribution < -0.4 is 10.6 Å². The van der Waals surface area contributed by atoms with E-state index in [9.17, 15) is 19.2 Å². The molecule has 8 heteroatoms. The van der Waals surface area contributed by atoms with Crippen LogP contribution in [0.1, 0.15) is 49.3 Å². The van der Waals surface area contributed by atoms with Gasteiger partial charge in [0.15, 0.2) is 6.61 Å². The number of carbonyl (C=O) groups excluding carboxylic acids is 4. The van der Waals surface area contributed by atoms with Gasteiger partial charge in [-0.1, -0.05) is 37.5 Å². The number of urea groups is 1. The maximum absolute atomic E-state index is 12.9. The molecule has 4 amide bonds. The summed E-state index contributed by atoms with van der Waals surface area (Å²) in [5.74, 6) is -1.65. The van der Waals surface area contributed by atoms with E-state index in [1.807, 2.05) is 39.8 Å². The van der Waals surface area contributed by atoms with Crippen LogP contribution in [0.2, 0.25) is 0 Å². The van der Waals surface area contributed by atoms with Gasteiger partial charge in [-0.05, 0) is 50.7 Å². The summed E-state index contributed by atoms with van der Waals surface area (Å²) in [4.78, 5) is 50.5. The maximum Gasteiger partial charge on any atom is 0.326 e. The second-order valence-electron chi connectivity index (χ2n) is 8.42. The summed E-state index contributed by atoms with van der Waals surface area (Å²) in [6.45, 7) is 6.70. The highest BCUT2D eigenvalue weighted by Gasteiger charge is 2.55. The van der Waals surface area contributed by atoms with E-state index in [-0.39, 0.29) is 11.8 Å². The molecule has 1 heterocycles. The minimum Gasteiger partial charge on any atom is -0.454 e. The number of ether oxygens (including phenoxy) is 1. The van der Waals surface area contributed by atoms with E-state index in [1.54, 1.807) is 0 Å². The van der Waals surface area contributed by atoms with Gasteiger partial charge in [-0.2, -0.15) is 0 Å². The van der Waals surface area contributed by atoms with Crippen LogP contribution in [0.15, 0.2) is 12.1 Å². The predicted octanol–water partition coefficient (Wildman–Crippen LogP) is 2.59. The first-order valence-corrected chi connectivity index (χ1v) is 10.3. The molecule has 8 nitrogen and oxygen atoms in total. The Morgan fingerprint density at radius 2 is 1.87 bits per heavy atom. The van der Waals surface area contributed by atoms with Crippen LogP contribution in [0, 0.1) is 26.7 Å². The lowest BCUT2D eigenvalue weighted by molar-refractivity contribution is -0.150. The molecule has 3 rings (SSSR count). The van der Waals surface area contributed by atoms with Crippen molar-refractivity contribution in [2.24, 2.45) is 5.92 Å². The van der Waals surface area contributed by atoms with Crippen LogP contribution in [0.5, 0.6) is 0 Å². The number of benzene rings is 1. The fraction of sp³-hybridized carbons (Fsp3) is 0.545. The summed E-state index contributed by atoms with van der Waals surface area (Å²) in [7, 11) is 0. The van der Waals surface area contributed by atoms with Crippen molar-refractivity contribution in [1.82, 2.24) is 10.2 Å². The summed E-state index contributed by atoms with van der Waals surface area (Å²) >= 11 is 0. The summed E-state index contributed by atoms with van der Waals surface area (Å²) in [6.07, 6.45) is 3.29. The van der Waals surface area contributed by atoms with E-state index in [1.165, 1.54) is 0 Å². The molecule has 2 aliphatic rings. The Morgan fingerprint density at radius 1 is 1.20 bits per heavy atom. The van der Waals surface area contributed by atoms with Gasteiger partial charge in [-0.3, -0.25) is 19.3 Å². The quantitative estimate of drug-likeness (QED) is 0.568. The van der Waals surface area contributed by atoms with Gasteiger partial charge in [0.25, 0.3) is 11.8 Å². The summed E-state index contributed by atoms with van der Waals surface area (Å²) < 4.78 is 5.02. The molecule has 0 bridgehead atoms. The fourth-order valence-corrected chi connectivity index (χ4v) is 4.51. The molecule has 2 N–H and O–H groups in total. The van der Waals surface area contributed by atoms with Crippen LogP contribution in [0.25, 0.3) is 0 Å². The number of carbonyl (C=O) groups is 4. The molecule has 1 spiro atoms. The third-order valence-electron chi connectivity index (χ3n) is 6.09. The molecule has 1 aromatic rings. The molecule has 1 saturated carbocycles. The zero-order valence-corrected chi connectivity index (χ0v) is 18.0. The second kappa shape index (κ2) is 8.45. The number of esters is 1. The van der Waals surface area contributed by atoms with Crippen molar-refractivity contribution in [2.75, 3.05) is 18.5 Å². The second-order valence-corrected chi connectivity index (χ2v) is 8.42. The third-order valence-corrected chi connectivity index (χ3v) is 6.09. The van der Waals surface area contributed by atoms with E-state index in [2.05, 4.69) is 10.6 Å². The Bertz CT molecular complexity index is 874. The molecular formula is C22H29N3O5. The summed E-state index contributed by atoms with van der Waals surface area (Å²) in [5.41, 5.74) is 2.68. The average Bonchev–Trinajstić information content (AvgIpc) is 2.90. The van der Waals surface area contributed by atoms with Gasteiger partial charge in [0.1, 0.15) is 12.1 Å². The van der Waals surface area contributed by atoms with Gasteiger partial charge in [0.05, 0.1) is 0 Å². The minimum atomic E-state index is -0.923. The molecule has 2 fully saturated rings. The molecule has 1 saturated heterocycles. The SMILES string of the molecule is Cc1cc(C)c(NC(=O)COC(=O)CN2C(=O)N[C@]3(CCCC[C@H]3C)C2=O)c(C)c1. The normalized spacial score (nSPS) is 23.5. The van der Waals surface area contributed by atoms with Crippen molar-refractivity contribution < 1.29 is 23.9 Å². The predicted molar refractivity (Wildman–Crippen MR) is 111 cm³/mol. The summed E-state index contributed by atoms with van der Waals surface area (Å²) in [5, 5.41) is 5.54. The topological polar surface area (TPSA) is 105 Å². The van der Waals surface area contributed by atoms with Crippen molar-refractivity contribution >= 4 is 29.5 Å². The van der Waals surface area contributed by atoms with Gasteiger partial charge < -0.3 is 15.4 Å². The van der Waals surface area contributed by atoms with Crippen LogP contribution in [-0.4, -0.2) is 47.4 Å². The Balaban J connectivity index is 1.55. The number of amides is 4. The number of imide groups is 1. The van der Waals surface area contributed by atoms with Gasteiger partial charge in [0.2, 0.25) is 0 Å². The number of aryl methyl sites for hydroxylation is 3. The number of nitrogens with zero attached hydrogens (tertiary/aromatic N) is 1. The van der Waals surface area contributed by atoms with Crippen LogP contribution in [0.3, 0.4) is 0 Å². The van der Waals surface area contributed by atoms with Gasteiger partial charge in [0, 0.05) is 5.69 Å². The van der Waals surface area contributed by atoms with Crippen LogP contribution >= 0.6 is 0 Å². The van der Waals surface area contributed by atoms with Crippen molar-refractivity contribution in [2.45, 2.75) is 58.9 Å². The zero-order valence-electron chi connectivity index (χ0n) is 18.0.